The van der Waals surface area contributed by atoms with E-state index in [0.29, 0.717) is 6.54 Å². The van der Waals surface area contributed by atoms with Crippen molar-refractivity contribution in [3.05, 3.63) is 0 Å². The highest BCUT2D eigenvalue weighted by Gasteiger charge is 2.63. The lowest BCUT2D eigenvalue weighted by Crippen LogP contribution is -2.51. The van der Waals surface area contributed by atoms with Crippen molar-refractivity contribution in [3.63, 3.8) is 0 Å². The van der Waals surface area contributed by atoms with Gasteiger partial charge < -0.3 is 10.2 Å². The van der Waals surface area contributed by atoms with Crippen LogP contribution in [0, 0.1) is 5.92 Å². The molecular weight excluding hydrogens is 271 g/mol. The summed E-state index contributed by atoms with van der Waals surface area (Å²) in [6.45, 7) is 3.89. The number of carbonyl (C=O) groups excluding carboxylic acids is 1. The van der Waals surface area contributed by atoms with Crippen molar-refractivity contribution in [1.82, 2.24) is 10.2 Å². The van der Waals surface area contributed by atoms with Gasteiger partial charge in [-0.3, -0.25) is 4.79 Å². The van der Waals surface area contributed by atoms with E-state index in [0.717, 1.165) is 25.9 Å². The van der Waals surface area contributed by atoms with E-state index in [1.54, 1.807) is 12.2 Å². The largest absolute Gasteiger partial charge is 0.463 e. The molecule has 1 N–H and O–H groups in total. The number of nitrogens with zero attached hydrogens (tertiary/aromatic N) is 1. The number of hydrogen-bond donors (Lipinski definition) is 1. The predicted molar refractivity (Wildman–Crippen MR) is 58.8 cm³/mol. The van der Waals surface area contributed by atoms with E-state index in [1.165, 1.54) is 0 Å². The number of likely N-dealkylation sites (tertiary alicyclic amines) is 1. The molecule has 8 heteroatoms. The molecule has 1 amide bonds. The molecule has 1 aliphatic heterocycles. The van der Waals surface area contributed by atoms with E-state index >= 15 is 0 Å². The van der Waals surface area contributed by atoms with Crippen molar-refractivity contribution in [2.75, 3.05) is 26.2 Å². The monoisotopic (exact) mass is 288 g/mol. The number of amides is 1. The van der Waals surface area contributed by atoms with Gasteiger partial charge in [-0.1, -0.05) is 6.92 Å². The van der Waals surface area contributed by atoms with Crippen molar-refractivity contribution in [2.24, 2.45) is 5.92 Å². The van der Waals surface area contributed by atoms with Crippen LogP contribution in [0.2, 0.25) is 0 Å². The summed E-state index contributed by atoms with van der Waals surface area (Å²) >= 11 is 0. The summed E-state index contributed by atoms with van der Waals surface area (Å²) in [7, 11) is 0. The molecule has 1 saturated heterocycles. The van der Waals surface area contributed by atoms with Crippen LogP contribution >= 0.6 is 0 Å². The molecule has 1 heterocycles. The Morgan fingerprint density at radius 2 is 1.74 bits per heavy atom. The zero-order valence-corrected chi connectivity index (χ0v) is 10.6. The summed E-state index contributed by atoms with van der Waals surface area (Å²) in [4.78, 5) is 13.0. The molecule has 0 aromatic heterocycles. The number of halogens is 5. The maximum Gasteiger partial charge on any atom is 0.463 e. The fraction of sp³-hybridized carbons (Fsp3) is 0.909. The van der Waals surface area contributed by atoms with Gasteiger partial charge in [-0.25, -0.2) is 0 Å². The summed E-state index contributed by atoms with van der Waals surface area (Å²) in [6.07, 6.45) is -3.73. The molecule has 0 saturated carbocycles. The minimum Gasteiger partial charge on any atom is -0.350 e. The Kier molecular flexibility index (Phi) is 5.11. The van der Waals surface area contributed by atoms with E-state index in [9.17, 15) is 26.7 Å². The van der Waals surface area contributed by atoms with Crippen LogP contribution in [-0.2, 0) is 4.79 Å². The maximum atomic E-state index is 12.6. The Hall–Kier alpha value is -0.920. The topological polar surface area (TPSA) is 32.3 Å². The fourth-order valence-corrected chi connectivity index (χ4v) is 1.98. The molecule has 19 heavy (non-hydrogen) atoms. The highest BCUT2D eigenvalue weighted by atomic mass is 19.4. The van der Waals surface area contributed by atoms with Gasteiger partial charge in [0.2, 0.25) is 0 Å². The Morgan fingerprint density at radius 3 is 2.21 bits per heavy atom. The zero-order valence-electron chi connectivity index (χ0n) is 10.6. The Bertz CT molecular complexity index is 313. The molecule has 0 aromatic rings. The van der Waals surface area contributed by atoms with E-state index in [1.807, 2.05) is 0 Å². The van der Waals surface area contributed by atoms with Crippen molar-refractivity contribution < 1.29 is 26.7 Å². The molecule has 1 atom stereocenters. The highest BCUT2D eigenvalue weighted by molar-refractivity contribution is 5.84. The Morgan fingerprint density at radius 1 is 1.21 bits per heavy atom. The molecule has 1 aliphatic rings. The summed E-state index contributed by atoms with van der Waals surface area (Å²) in [5.74, 6) is -7.79. The number of carbonyl (C=O) groups is 1. The third kappa shape index (κ3) is 4.29. The number of hydrogen-bond acceptors (Lipinski definition) is 2. The average Bonchev–Trinajstić information content (AvgIpc) is 2.76. The lowest BCUT2D eigenvalue weighted by molar-refractivity contribution is -0.269. The van der Waals surface area contributed by atoms with Crippen molar-refractivity contribution in [3.8, 4) is 0 Å². The lowest BCUT2D eigenvalue weighted by Gasteiger charge is -2.22. The lowest BCUT2D eigenvalue weighted by atomic mass is 10.1. The van der Waals surface area contributed by atoms with Gasteiger partial charge in [-0.2, -0.15) is 22.0 Å². The molecule has 0 aliphatic carbocycles. The fourth-order valence-electron chi connectivity index (χ4n) is 1.98. The van der Waals surface area contributed by atoms with Crippen LogP contribution in [0.5, 0.6) is 0 Å². The van der Waals surface area contributed by atoms with E-state index in [2.05, 4.69) is 4.90 Å². The van der Waals surface area contributed by atoms with Gasteiger partial charge in [0.05, 0.1) is 0 Å². The Labute approximate surface area is 108 Å². The van der Waals surface area contributed by atoms with Gasteiger partial charge >= 0.3 is 12.1 Å². The third-order valence-electron chi connectivity index (χ3n) is 3.02. The van der Waals surface area contributed by atoms with Crippen molar-refractivity contribution in [1.29, 1.82) is 0 Å². The van der Waals surface area contributed by atoms with Gasteiger partial charge in [0.25, 0.3) is 5.91 Å². The number of rotatable bonds is 5. The molecular formula is C11H17F5N2O. The summed E-state index contributed by atoms with van der Waals surface area (Å²) < 4.78 is 61.0. The minimum absolute atomic E-state index is 0.175. The molecule has 0 bridgehead atoms. The van der Waals surface area contributed by atoms with E-state index < -0.39 is 18.0 Å². The average molecular weight is 288 g/mol. The first kappa shape index (κ1) is 16.1. The number of alkyl halides is 5. The normalized spacial score (nSPS) is 19.5. The van der Waals surface area contributed by atoms with Crippen LogP contribution in [0.15, 0.2) is 0 Å². The van der Waals surface area contributed by atoms with Gasteiger partial charge in [-0.05, 0) is 31.8 Å². The molecule has 0 spiro atoms. The van der Waals surface area contributed by atoms with E-state index in [4.69, 9.17) is 0 Å². The van der Waals surface area contributed by atoms with Gasteiger partial charge in [0.1, 0.15) is 0 Å². The summed E-state index contributed by atoms with van der Waals surface area (Å²) in [5, 5.41) is 1.67. The first-order valence-electron chi connectivity index (χ1n) is 6.10. The second-order valence-corrected chi connectivity index (χ2v) is 4.90. The minimum atomic E-state index is -5.85. The predicted octanol–water partition coefficient (Wildman–Crippen LogP) is 2.03. The summed E-state index contributed by atoms with van der Waals surface area (Å²) in [5.41, 5.74) is 0. The molecule has 112 valence electrons. The van der Waals surface area contributed by atoms with Crippen LogP contribution in [0.3, 0.4) is 0 Å². The van der Waals surface area contributed by atoms with Crippen LogP contribution in [0.1, 0.15) is 19.8 Å². The van der Waals surface area contributed by atoms with Gasteiger partial charge in [0.15, 0.2) is 0 Å². The first-order chi connectivity index (χ1) is 8.64. The van der Waals surface area contributed by atoms with Crippen LogP contribution in [0.25, 0.3) is 0 Å². The molecule has 1 unspecified atom stereocenters. The maximum absolute atomic E-state index is 12.6. The molecule has 3 nitrogen and oxygen atoms in total. The van der Waals surface area contributed by atoms with Crippen LogP contribution in [-0.4, -0.2) is 49.1 Å². The zero-order chi connectivity index (χ0) is 14.7. The second-order valence-electron chi connectivity index (χ2n) is 4.90. The SMILES string of the molecule is CC(CNC(=O)C(F)(F)C(F)(F)F)CN1CCCC1. The molecule has 0 radical (unpaired) electrons. The molecule has 0 aromatic carbocycles. The molecule has 1 fully saturated rings. The summed E-state index contributed by atoms with van der Waals surface area (Å²) in [6, 6.07) is 0. The quantitative estimate of drug-likeness (QED) is 0.785. The Balaban J connectivity index is 2.37. The first-order valence-corrected chi connectivity index (χ1v) is 6.10. The smallest absolute Gasteiger partial charge is 0.350 e. The molecule has 1 rings (SSSR count). The van der Waals surface area contributed by atoms with Gasteiger partial charge in [0, 0.05) is 13.1 Å². The van der Waals surface area contributed by atoms with Crippen molar-refractivity contribution >= 4 is 5.91 Å². The van der Waals surface area contributed by atoms with Gasteiger partial charge in [-0.15, -0.1) is 0 Å². The van der Waals surface area contributed by atoms with E-state index in [-0.39, 0.29) is 12.5 Å². The van der Waals surface area contributed by atoms with Crippen molar-refractivity contribution in [2.45, 2.75) is 31.9 Å². The third-order valence-corrected chi connectivity index (χ3v) is 3.02. The van der Waals surface area contributed by atoms with Crippen LogP contribution in [0.4, 0.5) is 22.0 Å². The second kappa shape index (κ2) is 6.02. The van der Waals surface area contributed by atoms with Crippen LogP contribution < -0.4 is 5.32 Å². The highest BCUT2D eigenvalue weighted by Crippen LogP contribution is 2.35. The standard InChI is InChI=1S/C11H17F5N2O/c1-8(7-18-4-2-3-5-18)6-17-9(19)10(12,13)11(14,15)16/h8H,2-7H2,1H3,(H,17,19). The number of nitrogens with one attached hydrogen (secondary N) is 1.